The minimum atomic E-state index is -0.244. The van der Waals surface area contributed by atoms with E-state index < -0.39 is 0 Å². The molecule has 2 aromatic heterocycles. The molecule has 0 bridgehead atoms. The number of likely N-dealkylation sites (tertiary alicyclic amines) is 1. The molecule has 1 aliphatic heterocycles. The van der Waals surface area contributed by atoms with E-state index in [1.165, 1.54) is 0 Å². The van der Waals surface area contributed by atoms with Gasteiger partial charge in [-0.1, -0.05) is 0 Å². The maximum absolute atomic E-state index is 11.7. The van der Waals surface area contributed by atoms with Crippen LogP contribution in [-0.2, 0) is 11.3 Å². The van der Waals surface area contributed by atoms with Gasteiger partial charge in [-0.25, -0.2) is 14.8 Å². The van der Waals surface area contributed by atoms with Crippen LogP contribution in [0.25, 0.3) is 5.65 Å². The number of ether oxygens (including phenoxy) is 1. The first-order valence-corrected chi connectivity index (χ1v) is 9.45. The molecule has 2 aromatic rings. The Morgan fingerprint density at radius 1 is 1.41 bits per heavy atom. The second-order valence-corrected chi connectivity index (χ2v) is 7.07. The number of pyridine rings is 1. The van der Waals surface area contributed by atoms with E-state index in [0.29, 0.717) is 32.2 Å². The molecule has 3 N–H and O–H groups in total. The number of guanidine groups is 1. The van der Waals surface area contributed by atoms with Crippen molar-refractivity contribution < 1.29 is 9.53 Å². The summed E-state index contributed by atoms with van der Waals surface area (Å²) in [4.78, 5) is 22.3. The fourth-order valence-electron chi connectivity index (χ4n) is 2.94. The zero-order valence-electron chi connectivity index (χ0n) is 15.1. The Balaban J connectivity index is 0.00000261. The molecule has 1 saturated heterocycles. The van der Waals surface area contributed by atoms with Gasteiger partial charge in [0.2, 0.25) is 0 Å². The lowest BCUT2D eigenvalue weighted by Gasteiger charge is -2.31. The van der Waals surface area contributed by atoms with Gasteiger partial charge in [0, 0.05) is 36.0 Å². The molecule has 10 heteroatoms. The van der Waals surface area contributed by atoms with Crippen LogP contribution < -0.4 is 11.1 Å². The minimum Gasteiger partial charge on any atom is -0.450 e. The van der Waals surface area contributed by atoms with Crippen LogP contribution in [0.4, 0.5) is 4.79 Å². The molecule has 8 nitrogen and oxygen atoms in total. The molecule has 0 saturated carbocycles. The van der Waals surface area contributed by atoms with Gasteiger partial charge in [0.15, 0.2) is 5.96 Å². The number of piperidine rings is 1. The summed E-state index contributed by atoms with van der Waals surface area (Å²) >= 11 is 3.44. The highest BCUT2D eigenvalue weighted by Gasteiger charge is 2.23. The number of halogens is 2. The first-order valence-electron chi connectivity index (χ1n) is 8.66. The highest BCUT2D eigenvalue weighted by atomic mass is 127. The Kier molecular flexibility index (Phi) is 8.14. The molecule has 0 unspecified atom stereocenters. The van der Waals surface area contributed by atoms with Crippen molar-refractivity contribution in [2.45, 2.75) is 32.4 Å². The molecule has 27 heavy (non-hydrogen) atoms. The van der Waals surface area contributed by atoms with Crippen molar-refractivity contribution >= 4 is 57.6 Å². The molecule has 1 aliphatic rings. The van der Waals surface area contributed by atoms with E-state index >= 15 is 0 Å². The maximum atomic E-state index is 11.7. The van der Waals surface area contributed by atoms with Gasteiger partial charge in [-0.05, 0) is 47.8 Å². The molecule has 148 valence electrons. The number of carbonyl (C=O) groups excluding carboxylic acids is 1. The molecule has 0 radical (unpaired) electrons. The lowest BCUT2D eigenvalue weighted by Crippen LogP contribution is -2.48. The Hall–Kier alpha value is -1.56. The number of fused-ring (bicyclic) bond motifs is 1. The SMILES string of the molecule is CCOC(=O)N1CCC(NC(N)=NCc2cn3cc(Br)ccc3n2)CC1.I. The van der Waals surface area contributed by atoms with Crippen LogP contribution in [0.5, 0.6) is 0 Å². The largest absolute Gasteiger partial charge is 0.450 e. The van der Waals surface area contributed by atoms with Gasteiger partial charge in [0.25, 0.3) is 0 Å². The molecule has 0 atom stereocenters. The minimum absolute atomic E-state index is 0. The number of rotatable bonds is 4. The summed E-state index contributed by atoms with van der Waals surface area (Å²) in [5, 5.41) is 3.23. The van der Waals surface area contributed by atoms with E-state index in [0.717, 1.165) is 28.7 Å². The summed E-state index contributed by atoms with van der Waals surface area (Å²) in [5.74, 6) is 0.401. The van der Waals surface area contributed by atoms with Gasteiger partial charge in [0.05, 0.1) is 18.8 Å². The summed E-state index contributed by atoms with van der Waals surface area (Å²) in [6, 6.07) is 4.10. The van der Waals surface area contributed by atoms with Gasteiger partial charge in [-0.3, -0.25) is 0 Å². The quantitative estimate of drug-likeness (QED) is 0.346. The van der Waals surface area contributed by atoms with E-state index in [-0.39, 0.29) is 36.1 Å². The van der Waals surface area contributed by atoms with Gasteiger partial charge in [-0.2, -0.15) is 0 Å². The molecule has 0 aromatic carbocycles. The molecule has 0 spiro atoms. The number of imidazole rings is 1. The Bertz CT molecular complexity index is 804. The van der Waals surface area contributed by atoms with Crippen LogP contribution in [0.15, 0.2) is 34.0 Å². The van der Waals surface area contributed by atoms with E-state index in [1.54, 1.807) is 4.90 Å². The van der Waals surface area contributed by atoms with Crippen LogP contribution in [-0.4, -0.2) is 52.1 Å². The average Bonchev–Trinajstić information content (AvgIpc) is 3.03. The van der Waals surface area contributed by atoms with Crippen molar-refractivity contribution in [3.05, 3.63) is 34.7 Å². The summed E-state index contributed by atoms with van der Waals surface area (Å²) in [5.41, 5.74) is 7.73. The molecule has 3 rings (SSSR count). The summed E-state index contributed by atoms with van der Waals surface area (Å²) in [6.07, 6.45) is 5.28. The first-order chi connectivity index (χ1) is 12.5. The van der Waals surface area contributed by atoms with Crippen molar-refractivity contribution in [2.24, 2.45) is 10.7 Å². The third kappa shape index (κ3) is 5.96. The van der Waals surface area contributed by atoms with Crippen molar-refractivity contribution in [2.75, 3.05) is 19.7 Å². The fourth-order valence-corrected chi connectivity index (χ4v) is 3.29. The number of aromatic nitrogens is 2. The highest BCUT2D eigenvalue weighted by Crippen LogP contribution is 2.13. The Morgan fingerprint density at radius 3 is 2.85 bits per heavy atom. The molecular formula is C17H24BrIN6O2. The normalized spacial score (nSPS) is 15.5. The van der Waals surface area contributed by atoms with Crippen LogP contribution in [0, 0.1) is 0 Å². The van der Waals surface area contributed by atoms with Crippen LogP contribution >= 0.6 is 39.9 Å². The van der Waals surface area contributed by atoms with Crippen LogP contribution in [0.2, 0.25) is 0 Å². The third-order valence-corrected chi connectivity index (χ3v) is 4.72. The lowest BCUT2D eigenvalue weighted by atomic mass is 10.1. The number of carbonyl (C=O) groups is 1. The third-order valence-electron chi connectivity index (χ3n) is 4.25. The van der Waals surface area contributed by atoms with Gasteiger partial charge in [0.1, 0.15) is 5.65 Å². The predicted octanol–water partition coefficient (Wildman–Crippen LogP) is 2.74. The second kappa shape index (κ2) is 10.1. The maximum Gasteiger partial charge on any atom is 0.409 e. The number of amides is 1. The number of nitrogens with one attached hydrogen (secondary N) is 1. The van der Waals surface area contributed by atoms with Gasteiger partial charge in [-0.15, -0.1) is 24.0 Å². The highest BCUT2D eigenvalue weighted by molar-refractivity contribution is 14.0. The molecule has 1 fully saturated rings. The first kappa shape index (κ1) is 21.7. The fraction of sp³-hybridized carbons (Fsp3) is 0.471. The van der Waals surface area contributed by atoms with Crippen LogP contribution in [0.1, 0.15) is 25.5 Å². The van der Waals surface area contributed by atoms with Gasteiger partial charge < -0.3 is 25.1 Å². The Labute approximate surface area is 183 Å². The zero-order chi connectivity index (χ0) is 18.5. The number of hydrogen-bond donors (Lipinski definition) is 2. The summed E-state index contributed by atoms with van der Waals surface area (Å²) in [6.45, 7) is 3.94. The van der Waals surface area contributed by atoms with Crippen molar-refractivity contribution in [1.29, 1.82) is 0 Å². The number of nitrogens with zero attached hydrogens (tertiary/aromatic N) is 4. The number of nitrogens with two attached hydrogens (primary N) is 1. The number of aliphatic imine (C=N–C) groups is 1. The second-order valence-electron chi connectivity index (χ2n) is 6.15. The predicted molar refractivity (Wildman–Crippen MR) is 118 cm³/mol. The van der Waals surface area contributed by atoms with Crippen molar-refractivity contribution in [3.8, 4) is 0 Å². The Morgan fingerprint density at radius 2 is 2.15 bits per heavy atom. The summed E-state index contributed by atoms with van der Waals surface area (Å²) < 4.78 is 7.97. The molecule has 1 amide bonds. The number of hydrogen-bond acceptors (Lipinski definition) is 4. The monoisotopic (exact) mass is 550 g/mol. The summed E-state index contributed by atoms with van der Waals surface area (Å²) in [7, 11) is 0. The average molecular weight is 551 g/mol. The van der Waals surface area contributed by atoms with E-state index in [4.69, 9.17) is 10.5 Å². The molecule has 0 aliphatic carbocycles. The smallest absolute Gasteiger partial charge is 0.409 e. The van der Waals surface area contributed by atoms with E-state index in [2.05, 4.69) is 31.2 Å². The van der Waals surface area contributed by atoms with E-state index in [1.807, 2.05) is 35.9 Å². The van der Waals surface area contributed by atoms with E-state index in [9.17, 15) is 4.79 Å². The topological polar surface area (TPSA) is 97.2 Å². The van der Waals surface area contributed by atoms with Crippen molar-refractivity contribution in [3.63, 3.8) is 0 Å². The van der Waals surface area contributed by atoms with Crippen LogP contribution in [0.3, 0.4) is 0 Å². The standard InChI is InChI=1S/C17H23BrN6O2.HI/c1-2-26-17(25)23-7-5-13(6-8-23)22-16(19)20-9-14-11-24-10-12(18)3-4-15(24)21-14;/h3-4,10-11,13H,2,5-9H2,1H3,(H3,19,20,22);1H. The van der Waals surface area contributed by atoms with Gasteiger partial charge >= 0.3 is 6.09 Å². The lowest BCUT2D eigenvalue weighted by molar-refractivity contribution is 0.0963. The molecule has 3 heterocycles. The molecular weight excluding hydrogens is 527 g/mol. The van der Waals surface area contributed by atoms with Crippen molar-refractivity contribution in [1.82, 2.24) is 19.6 Å². The zero-order valence-corrected chi connectivity index (χ0v) is 19.0.